The first kappa shape index (κ1) is 19.4. The number of benzene rings is 2. The van der Waals surface area contributed by atoms with Gasteiger partial charge in [-0.3, -0.25) is 9.48 Å². The lowest BCUT2D eigenvalue weighted by molar-refractivity contribution is 0.0748. The highest BCUT2D eigenvalue weighted by atomic mass is 32.2. The molecule has 1 aromatic heterocycles. The summed E-state index contributed by atoms with van der Waals surface area (Å²) in [5.41, 5.74) is 3.04. The summed E-state index contributed by atoms with van der Waals surface area (Å²) in [6, 6.07) is 19.2. The molecule has 1 saturated heterocycles. The molecular weight excluding hydrogens is 386 g/mol. The summed E-state index contributed by atoms with van der Waals surface area (Å²) in [5, 5.41) is 4.69. The standard InChI is InChI=1S/C22H23N3O3S/c1-24(19-12-13-29(27,28)16-19)22(26)20-15-25(14-17-8-4-2-5-9-17)23-21(20)18-10-6-3-7-11-18/h2-11,15,19H,12-14,16H2,1H3/t19-/m0/s1. The van der Waals surface area contributed by atoms with Gasteiger partial charge in [0.15, 0.2) is 9.84 Å². The number of hydrogen-bond acceptors (Lipinski definition) is 4. The number of amides is 1. The van der Waals surface area contributed by atoms with Crippen molar-refractivity contribution in [2.75, 3.05) is 18.6 Å². The summed E-state index contributed by atoms with van der Waals surface area (Å²) in [7, 11) is -1.39. The lowest BCUT2D eigenvalue weighted by Crippen LogP contribution is -2.37. The molecule has 1 aliphatic heterocycles. The molecule has 3 aromatic rings. The van der Waals surface area contributed by atoms with Gasteiger partial charge in [0.1, 0.15) is 5.69 Å². The Morgan fingerprint density at radius 3 is 2.38 bits per heavy atom. The first-order chi connectivity index (χ1) is 13.9. The van der Waals surface area contributed by atoms with Gasteiger partial charge in [-0.05, 0) is 12.0 Å². The summed E-state index contributed by atoms with van der Waals surface area (Å²) in [5.74, 6) is -0.0485. The Hall–Kier alpha value is -2.93. The predicted molar refractivity (Wildman–Crippen MR) is 112 cm³/mol. The zero-order chi connectivity index (χ0) is 20.4. The smallest absolute Gasteiger partial charge is 0.257 e. The Bertz CT molecular complexity index is 1110. The van der Waals surface area contributed by atoms with Crippen LogP contribution < -0.4 is 0 Å². The predicted octanol–water partition coefficient (Wildman–Crippen LogP) is 2.86. The Balaban J connectivity index is 1.68. The van der Waals surface area contributed by atoms with Crippen LogP contribution in [0.15, 0.2) is 66.9 Å². The van der Waals surface area contributed by atoms with Gasteiger partial charge in [-0.1, -0.05) is 60.7 Å². The summed E-state index contributed by atoms with van der Waals surface area (Å²) >= 11 is 0. The monoisotopic (exact) mass is 409 g/mol. The van der Waals surface area contributed by atoms with E-state index in [1.54, 1.807) is 22.8 Å². The number of sulfone groups is 1. The second-order valence-electron chi connectivity index (χ2n) is 7.41. The van der Waals surface area contributed by atoms with E-state index >= 15 is 0 Å². The topological polar surface area (TPSA) is 72.3 Å². The summed E-state index contributed by atoms with van der Waals surface area (Å²) < 4.78 is 25.5. The zero-order valence-electron chi connectivity index (χ0n) is 16.2. The van der Waals surface area contributed by atoms with Gasteiger partial charge in [-0.2, -0.15) is 5.10 Å². The second kappa shape index (κ2) is 7.83. The molecule has 7 heteroatoms. The largest absolute Gasteiger partial charge is 0.338 e. The van der Waals surface area contributed by atoms with Crippen molar-refractivity contribution in [3.8, 4) is 11.3 Å². The van der Waals surface area contributed by atoms with Crippen molar-refractivity contribution >= 4 is 15.7 Å². The lowest BCUT2D eigenvalue weighted by Gasteiger charge is -2.23. The molecule has 150 valence electrons. The van der Waals surface area contributed by atoms with Gasteiger partial charge in [0.2, 0.25) is 0 Å². The van der Waals surface area contributed by atoms with E-state index in [0.29, 0.717) is 24.2 Å². The van der Waals surface area contributed by atoms with Crippen molar-refractivity contribution in [1.82, 2.24) is 14.7 Å². The summed E-state index contributed by atoms with van der Waals surface area (Å²) in [6.07, 6.45) is 2.24. The molecule has 0 N–H and O–H groups in total. The van der Waals surface area contributed by atoms with Gasteiger partial charge >= 0.3 is 0 Å². The molecule has 0 bridgehead atoms. The number of rotatable bonds is 5. The minimum Gasteiger partial charge on any atom is -0.338 e. The quantitative estimate of drug-likeness (QED) is 0.650. The number of hydrogen-bond donors (Lipinski definition) is 0. The molecule has 1 aliphatic rings. The van der Waals surface area contributed by atoms with Gasteiger partial charge in [-0.25, -0.2) is 8.42 Å². The molecular formula is C22H23N3O3S. The van der Waals surface area contributed by atoms with Crippen molar-refractivity contribution in [3.63, 3.8) is 0 Å². The minimum absolute atomic E-state index is 0.0219. The molecule has 0 saturated carbocycles. The van der Waals surface area contributed by atoms with Crippen molar-refractivity contribution < 1.29 is 13.2 Å². The van der Waals surface area contributed by atoms with E-state index in [4.69, 9.17) is 0 Å². The molecule has 1 atom stereocenters. The highest BCUT2D eigenvalue weighted by Gasteiger charge is 2.34. The van der Waals surface area contributed by atoms with Crippen LogP contribution in [0.5, 0.6) is 0 Å². The van der Waals surface area contributed by atoms with E-state index in [0.717, 1.165) is 11.1 Å². The van der Waals surface area contributed by atoms with Crippen molar-refractivity contribution in [2.45, 2.75) is 19.0 Å². The first-order valence-corrected chi connectivity index (χ1v) is 11.4. The molecule has 0 radical (unpaired) electrons. The third-order valence-corrected chi connectivity index (χ3v) is 7.05. The van der Waals surface area contributed by atoms with E-state index in [-0.39, 0.29) is 23.5 Å². The maximum Gasteiger partial charge on any atom is 0.257 e. The van der Waals surface area contributed by atoms with Crippen LogP contribution in [0.1, 0.15) is 22.3 Å². The second-order valence-corrected chi connectivity index (χ2v) is 9.64. The average molecular weight is 410 g/mol. The molecule has 1 amide bonds. The van der Waals surface area contributed by atoms with E-state index in [9.17, 15) is 13.2 Å². The van der Waals surface area contributed by atoms with E-state index in [1.807, 2.05) is 60.7 Å². The summed E-state index contributed by atoms with van der Waals surface area (Å²) in [6.45, 7) is 0.551. The molecule has 29 heavy (non-hydrogen) atoms. The molecule has 2 aromatic carbocycles. The van der Waals surface area contributed by atoms with Crippen molar-refractivity contribution in [1.29, 1.82) is 0 Å². The Kier molecular flexibility index (Phi) is 5.24. The molecule has 0 spiro atoms. The van der Waals surface area contributed by atoms with Gasteiger partial charge < -0.3 is 4.90 Å². The van der Waals surface area contributed by atoms with Gasteiger partial charge in [0.05, 0.1) is 23.6 Å². The maximum absolute atomic E-state index is 13.3. The van der Waals surface area contributed by atoms with E-state index in [1.165, 1.54) is 0 Å². The number of carbonyl (C=O) groups is 1. The Labute approximate surface area is 170 Å². The lowest BCUT2D eigenvalue weighted by atomic mass is 10.1. The van der Waals surface area contributed by atoms with Crippen LogP contribution in [-0.4, -0.2) is 53.6 Å². The molecule has 1 fully saturated rings. The van der Waals surface area contributed by atoms with Crippen LogP contribution >= 0.6 is 0 Å². The fourth-order valence-corrected chi connectivity index (χ4v) is 5.45. The average Bonchev–Trinajstić information content (AvgIpc) is 3.31. The van der Waals surface area contributed by atoms with E-state index < -0.39 is 9.84 Å². The molecule has 4 rings (SSSR count). The Morgan fingerprint density at radius 1 is 1.10 bits per heavy atom. The van der Waals surface area contributed by atoms with Crippen molar-refractivity contribution in [3.05, 3.63) is 78.0 Å². The normalized spacial score (nSPS) is 17.9. The van der Waals surface area contributed by atoms with Crippen LogP contribution in [-0.2, 0) is 16.4 Å². The number of nitrogens with zero attached hydrogens (tertiary/aromatic N) is 3. The first-order valence-electron chi connectivity index (χ1n) is 9.57. The van der Waals surface area contributed by atoms with Crippen LogP contribution in [0, 0.1) is 0 Å². The molecule has 6 nitrogen and oxygen atoms in total. The van der Waals surface area contributed by atoms with Crippen LogP contribution in [0.4, 0.5) is 0 Å². The fourth-order valence-electron chi connectivity index (χ4n) is 3.68. The molecule has 0 unspecified atom stereocenters. The Morgan fingerprint density at radius 2 is 1.76 bits per heavy atom. The number of aromatic nitrogens is 2. The molecule has 2 heterocycles. The van der Waals surface area contributed by atoms with Crippen molar-refractivity contribution in [2.24, 2.45) is 0 Å². The maximum atomic E-state index is 13.3. The van der Waals surface area contributed by atoms with E-state index in [2.05, 4.69) is 5.10 Å². The third-order valence-electron chi connectivity index (χ3n) is 5.30. The van der Waals surface area contributed by atoms with Gasteiger partial charge in [-0.15, -0.1) is 0 Å². The summed E-state index contributed by atoms with van der Waals surface area (Å²) in [4.78, 5) is 14.8. The highest BCUT2D eigenvalue weighted by Crippen LogP contribution is 2.26. The minimum atomic E-state index is -3.07. The third kappa shape index (κ3) is 4.24. The SMILES string of the molecule is CN(C(=O)c1cn(Cc2ccccc2)nc1-c1ccccc1)[C@H]1CCS(=O)(=O)C1. The van der Waals surface area contributed by atoms with Crippen LogP contribution in [0.3, 0.4) is 0 Å². The van der Waals surface area contributed by atoms with Crippen LogP contribution in [0.2, 0.25) is 0 Å². The van der Waals surface area contributed by atoms with Gasteiger partial charge in [0.25, 0.3) is 5.91 Å². The highest BCUT2D eigenvalue weighted by molar-refractivity contribution is 7.91. The van der Waals surface area contributed by atoms with Crippen LogP contribution in [0.25, 0.3) is 11.3 Å². The molecule has 0 aliphatic carbocycles. The zero-order valence-corrected chi connectivity index (χ0v) is 17.0. The number of carbonyl (C=O) groups excluding carboxylic acids is 1. The fraction of sp³-hybridized carbons (Fsp3) is 0.273. The van der Waals surface area contributed by atoms with Gasteiger partial charge in [0, 0.05) is 24.8 Å².